The van der Waals surface area contributed by atoms with Crippen molar-refractivity contribution in [3.8, 4) is 0 Å². The molecule has 0 unspecified atom stereocenters. The van der Waals surface area contributed by atoms with Crippen molar-refractivity contribution in [3.63, 3.8) is 0 Å². The number of halogens is 3. The van der Waals surface area contributed by atoms with E-state index in [4.69, 9.17) is 5.41 Å². The number of hydrogen-bond acceptors (Lipinski definition) is 4. The topological polar surface area (TPSA) is 72.3 Å². The van der Waals surface area contributed by atoms with Gasteiger partial charge in [0.25, 0.3) is 0 Å². The summed E-state index contributed by atoms with van der Waals surface area (Å²) >= 11 is 0. The quantitative estimate of drug-likeness (QED) is 0.636. The van der Waals surface area contributed by atoms with Gasteiger partial charge in [-0.25, -0.2) is 4.99 Å². The molecule has 2 rings (SSSR count). The second-order valence-corrected chi connectivity index (χ2v) is 4.99. The molecule has 8 heteroatoms. The maximum atomic E-state index is 12.3. The molecule has 0 bridgehead atoms. The SMILES string of the molecule is C/C(NC1CCNCC1)=C1/N=C(CC(F)(F)F)NC1=N. The maximum absolute atomic E-state index is 12.3. The van der Waals surface area contributed by atoms with Crippen molar-refractivity contribution in [2.75, 3.05) is 13.1 Å². The molecule has 0 aromatic heterocycles. The Kier molecular flexibility index (Phi) is 4.32. The molecule has 4 N–H and O–H groups in total. The van der Waals surface area contributed by atoms with Gasteiger partial charge < -0.3 is 16.0 Å². The van der Waals surface area contributed by atoms with E-state index in [9.17, 15) is 13.2 Å². The predicted molar refractivity (Wildman–Crippen MR) is 70.7 cm³/mol. The maximum Gasteiger partial charge on any atom is 0.396 e. The molecule has 20 heavy (non-hydrogen) atoms. The van der Waals surface area contributed by atoms with Crippen molar-refractivity contribution in [2.24, 2.45) is 4.99 Å². The van der Waals surface area contributed by atoms with Gasteiger partial charge in [-0.1, -0.05) is 0 Å². The number of nitrogens with one attached hydrogen (secondary N) is 4. The van der Waals surface area contributed by atoms with Crippen LogP contribution in [-0.2, 0) is 0 Å². The molecule has 2 aliphatic heterocycles. The first-order chi connectivity index (χ1) is 9.35. The number of amidine groups is 2. The van der Waals surface area contributed by atoms with Crippen LogP contribution >= 0.6 is 0 Å². The molecule has 0 aromatic carbocycles. The molecule has 2 aliphatic rings. The molecule has 0 atom stereocenters. The van der Waals surface area contributed by atoms with Crippen molar-refractivity contribution in [2.45, 2.75) is 38.4 Å². The second kappa shape index (κ2) is 5.82. The fraction of sp³-hybridized carbons (Fsp3) is 0.667. The van der Waals surface area contributed by atoms with Crippen LogP contribution in [0.5, 0.6) is 0 Å². The second-order valence-electron chi connectivity index (χ2n) is 4.99. The molecule has 1 saturated heterocycles. The van der Waals surface area contributed by atoms with Gasteiger partial charge in [-0.05, 0) is 32.9 Å². The summed E-state index contributed by atoms with van der Waals surface area (Å²) < 4.78 is 36.9. The molecule has 112 valence electrons. The van der Waals surface area contributed by atoms with Gasteiger partial charge in [-0.2, -0.15) is 13.2 Å². The van der Waals surface area contributed by atoms with Crippen molar-refractivity contribution < 1.29 is 13.2 Å². The molecule has 0 aromatic rings. The number of allylic oxidation sites excluding steroid dienone is 1. The van der Waals surface area contributed by atoms with Gasteiger partial charge in [-0.15, -0.1) is 0 Å². The Morgan fingerprint density at radius 3 is 2.65 bits per heavy atom. The van der Waals surface area contributed by atoms with E-state index in [0.29, 0.717) is 5.70 Å². The van der Waals surface area contributed by atoms with Crippen LogP contribution < -0.4 is 16.0 Å². The number of hydrogen-bond donors (Lipinski definition) is 4. The fourth-order valence-electron chi connectivity index (χ4n) is 2.31. The standard InChI is InChI=1S/C12H18F3N5/c1-7(18-8-2-4-17-5-3-8)10-11(16)20-9(19-10)6-12(13,14)15/h8,17-18H,2-6H2,1H3,(H2,16,19,20)/b10-7-. The van der Waals surface area contributed by atoms with Crippen molar-refractivity contribution in [1.82, 2.24) is 16.0 Å². The Bertz CT molecular complexity index is 446. The third kappa shape index (κ3) is 3.96. The van der Waals surface area contributed by atoms with Gasteiger partial charge in [0.2, 0.25) is 0 Å². The van der Waals surface area contributed by atoms with Crippen molar-refractivity contribution in [1.29, 1.82) is 5.41 Å². The lowest BCUT2D eigenvalue weighted by Crippen LogP contribution is -2.39. The van der Waals surface area contributed by atoms with Gasteiger partial charge >= 0.3 is 6.18 Å². The first kappa shape index (κ1) is 14.8. The normalized spacial score (nSPS) is 23.4. The highest BCUT2D eigenvalue weighted by Crippen LogP contribution is 2.22. The Balaban J connectivity index is 2.05. The highest BCUT2D eigenvalue weighted by atomic mass is 19.4. The Morgan fingerprint density at radius 1 is 1.40 bits per heavy atom. The van der Waals surface area contributed by atoms with Crippen molar-refractivity contribution in [3.05, 3.63) is 11.4 Å². The third-order valence-corrected chi connectivity index (χ3v) is 3.24. The Labute approximate surface area is 115 Å². The summed E-state index contributed by atoms with van der Waals surface area (Å²) in [7, 11) is 0. The highest BCUT2D eigenvalue weighted by molar-refractivity contribution is 6.14. The minimum absolute atomic E-state index is 0.0804. The smallest absolute Gasteiger partial charge is 0.384 e. The minimum atomic E-state index is -4.32. The largest absolute Gasteiger partial charge is 0.396 e. The van der Waals surface area contributed by atoms with Crippen LogP contribution in [0.1, 0.15) is 26.2 Å². The van der Waals surface area contributed by atoms with Crippen LogP contribution in [0, 0.1) is 5.41 Å². The molecule has 1 fully saturated rings. The third-order valence-electron chi connectivity index (χ3n) is 3.24. The molecular weight excluding hydrogens is 271 g/mol. The molecule has 2 heterocycles. The number of rotatable bonds is 3. The lowest BCUT2D eigenvalue weighted by atomic mass is 10.1. The van der Waals surface area contributed by atoms with E-state index in [-0.39, 0.29) is 23.4 Å². The van der Waals surface area contributed by atoms with Crippen LogP contribution in [0.4, 0.5) is 13.2 Å². The van der Waals surface area contributed by atoms with Crippen LogP contribution in [0.2, 0.25) is 0 Å². The van der Waals surface area contributed by atoms with Gasteiger partial charge in [0.15, 0.2) is 5.84 Å². The van der Waals surface area contributed by atoms with E-state index >= 15 is 0 Å². The van der Waals surface area contributed by atoms with Crippen LogP contribution in [0.15, 0.2) is 16.4 Å². The van der Waals surface area contributed by atoms with Crippen LogP contribution in [-0.4, -0.2) is 37.0 Å². The fourth-order valence-corrected chi connectivity index (χ4v) is 2.31. The summed E-state index contributed by atoms with van der Waals surface area (Å²) in [5.74, 6) is -0.299. The van der Waals surface area contributed by atoms with Crippen molar-refractivity contribution >= 4 is 11.7 Å². The summed E-state index contributed by atoms with van der Waals surface area (Å²) in [4.78, 5) is 3.88. The summed E-state index contributed by atoms with van der Waals surface area (Å²) in [5.41, 5.74) is 0.911. The lowest BCUT2D eigenvalue weighted by Gasteiger charge is -2.25. The first-order valence-corrected chi connectivity index (χ1v) is 6.53. The number of alkyl halides is 3. The molecule has 0 radical (unpaired) electrons. The van der Waals surface area contributed by atoms with E-state index < -0.39 is 12.6 Å². The molecular formula is C12H18F3N5. The number of piperidine rings is 1. The van der Waals surface area contributed by atoms with E-state index in [2.05, 4.69) is 20.9 Å². The Hall–Kier alpha value is -1.57. The summed E-state index contributed by atoms with van der Waals surface area (Å²) in [5, 5.41) is 16.6. The van der Waals surface area contributed by atoms with Gasteiger partial charge in [0, 0.05) is 11.7 Å². The average molecular weight is 289 g/mol. The van der Waals surface area contributed by atoms with Gasteiger partial charge in [-0.3, -0.25) is 5.41 Å². The minimum Gasteiger partial charge on any atom is -0.384 e. The average Bonchev–Trinajstić information content (AvgIpc) is 2.69. The molecule has 0 spiro atoms. The molecule has 0 aliphatic carbocycles. The van der Waals surface area contributed by atoms with Crippen LogP contribution in [0.3, 0.4) is 0 Å². The van der Waals surface area contributed by atoms with E-state index in [1.165, 1.54) is 0 Å². The summed E-state index contributed by atoms with van der Waals surface area (Å²) in [6.45, 7) is 3.57. The molecule has 0 saturated carbocycles. The lowest BCUT2D eigenvalue weighted by molar-refractivity contribution is -0.121. The van der Waals surface area contributed by atoms with Gasteiger partial charge in [0.1, 0.15) is 18.0 Å². The molecule has 0 amide bonds. The number of nitrogens with zero attached hydrogens (tertiary/aromatic N) is 1. The zero-order valence-corrected chi connectivity index (χ0v) is 11.2. The summed E-state index contributed by atoms with van der Waals surface area (Å²) in [6, 6.07) is 0.276. The molecule has 5 nitrogen and oxygen atoms in total. The number of aliphatic imine (C=N–C) groups is 1. The monoisotopic (exact) mass is 289 g/mol. The van der Waals surface area contributed by atoms with Gasteiger partial charge in [0.05, 0.1) is 0 Å². The van der Waals surface area contributed by atoms with E-state index in [0.717, 1.165) is 25.9 Å². The zero-order chi connectivity index (χ0) is 14.8. The van der Waals surface area contributed by atoms with Crippen LogP contribution in [0.25, 0.3) is 0 Å². The Morgan fingerprint density at radius 2 is 2.05 bits per heavy atom. The first-order valence-electron chi connectivity index (χ1n) is 6.53. The van der Waals surface area contributed by atoms with E-state index in [1.54, 1.807) is 6.92 Å². The van der Waals surface area contributed by atoms with E-state index in [1.807, 2.05) is 0 Å². The predicted octanol–water partition coefficient (Wildman–Crippen LogP) is 1.49. The zero-order valence-electron chi connectivity index (χ0n) is 11.2. The highest BCUT2D eigenvalue weighted by Gasteiger charge is 2.33. The summed E-state index contributed by atoms with van der Waals surface area (Å²) in [6.07, 6.45) is -3.56.